The Morgan fingerprint density at radius 1 is 0.800 bits per heavy atom. The molecule has 0 saturated heterocycles. The molecule has 0 saturated carbocycles. The SMILES string of the molecule is Cc1cn(-c2ccc(-c3cccc(S(C)(=O)=O)c3)cc2-c2nc(C)oc2-c2ccccc2)c(C)n1. The molecule has 0 bridgehead atoms. The topological polar surface area (TPSA) is 78.0 Å². The fraction of sp³-hybridized carbons (Fsp3) is 0.143. The Morgan fingerprint density at radius 3 is 2.20 bits per heavy atom. The van der Waals surface area contributed by atoms with Crippen molar-refractivity contribution in [3.8, 4) is 39.4 Å². The molecule has 0 aliphatic carbocycles. The molecule has 0 atom stereocenters. The zero-order valence-corrected chi connectivity index (χ0v) is 20.8. The maximum Gasteiger partial charge on any atom is 0.192 e. The van der Waals surface area contributed by atoms with Crippen LogP contribution in [0.5, 0.6) is 0 Å². The lowest BCUT2D eigenvalue weighted by Crippen LogP contribution is -2.00. The van der Waals surface area contributed by atoms with Gasteiger partial charge < -0.3 is 8.98 Å². The van der Waals surface area contributed by atoms with Gasteiger partial charge in [0.2, 0.25) is 0 Å². The molecule has 0 spiro atoms. The second-order valence-corrected chi connectivity index (χ2v) is 10.6. The summed E-state index contributed by atoms with van der Waals surface area (Å²) in [5.74, 6) is 2.10. The third-order valence-corrected chi connectivity index (χ3v) is 6.99. The molecule has 176 valence electrons. The van der Waals surface area contributed by atoms with E-state index in [2.05, 4.69) is 4.98 Å². The highest BCUT2D eigenvalue weighted by Gasteiger charge is 2.21. The van der Waals surface area contributed by atoms with E-state index >= 15 is 0 Å². The summed E-state index contributed by atoms with van der Waals surface area (Å²) in [7, 11) is -3.33. The number of benzene rings is 3. The van der Waals surface area contributed by atoms with Crippen molar-refractivity contribution in [1.29, 1.82) is 0 Å². The fourth-order valence-electron chi connectivity index (χ4n) is 4.28. The average Bonchev–Trinajstić information content (AvgIpc) is 3.39. The molecular formula is C28H25N3O3S. The number of sulfone groups is 1. The normalized spacial score (nSPS) is 11.7. The molecule has 5 rings (SSSR count). The quantitative estimate of drug-likeness (QED) is 0.298. The second-order valence-electron chi connectivity index (χ2n) is 8.61. The van der Waals surface area contributed by atoms with Crippen LogP contribution in [-0.4, -0.2) is 29.2 Å². The van der Waals surface area contributed by atoms with Crippen LogP contribution >= 0.6 is 0 Å². The number of aryl methyl sites for hydroxylation is 3. The van der Waals surface area contributed by atoms with Gasteiger partial charge in [0.1, 0.15) is 11.5 Å². The van der Waals surface area contributed by atoms with Crippen LogP contribution in [0.4, 0.5) is 0 Å². The van der Waals surface area contributed by atoms with Gasteiger partial charge in [0.05, 0.1) is 16.3 Å². The van der Waals surface area contributed by atoms with Crippen LogP contribution in [0.15, 0.2) is 88.3 Å². The molecular weight excluding hydrogens is 458 g/mol. The first-order valence-corrected chi connectivity index (χ1v) is 13.1. The zero-order chi connectivity index (χ0) is 24.7. The molecule has 3 aromatic carbocycles. The molecule has 0 amide bonds. The molecule has 6 nitrogen and oxygen atoms in total. The number of hydrogen-bond donors (Lipinski definition) is 0. The maximum absolute atomic E-state index is 12.2. The average molecular weight is 484 g/mol. The van der Waals surface area contributed by atoms with Crippen molar-refractivity contribution < 1.29 is 12.8 Å². The first kappa shape index (κ1) is 22.8. The van der Waals surface area contributed by atoms with Gasteiger partial charge in [0.15, 0.2) is 21.5 Å². The highest BCUT2D eigenvalue weighted by Crippen LogP contribution is 2.38. The Bertz CT molecular complexity index is 1650. The van der Waals surface area contributed by atoms with E-state index in [0.29, 0.717) is 11.7 Å². The van der Waals surface area contributed by atoms with Crippen LogP contribution in [0.3, 0.4) is 0 Å². The Kier molecular flexibility index (Phi) is 5.65. The highest BCUT2D eigenvalue weighted by atomic mass is 32.2. The molecule has 0 aliphatic rings. The van der Waals surface area contributed by atoms with E-state index in [4.69, 9.17) is 9.40 Å². The summed E-state index contributed by atoms with van der Waals surface area (Å²) in [6.07, 6.45) is 3.21. The third kappa shape index (κ3) is 4.42. The van der Waals surface area contributed by atoms with Gasteiger partial charge in [-0.05, 0) is 49.2 Å². The van der Waals surface area contributed by atoms with Crippen LogP contribution < -0.4 is 0 Å². The van der Waals surface area contributed by atoms with Gasteiger partial charge in [0, 0.05) is 30.5 Å². The molecule has 2 aromatic heterocycles. The van der Waals surface area contributed by atoms with E-state index < -0.39 is 9.84 Å². The molecule has 5 aromatic rings. The van der Waals surface area contributed by atoms with Crippen molar-refractivity contribution in [2.24, 2.45) is 0 Å². The summed E-state index contributed by atoms with van der Waals surface area (Å²) in [5, 5.41) is 0. The first-order chi connectivity index (χ1) is 16.7. The summed E-state index contributed by atoms with van der Waals surface area (Å²) >= 11 is 0. The Hall–Kier alpha value is -3.97. The zero-order valence-electron chi connectivity index (χ0n) is 20.0. The largest absolute Gasteiger partial charge is 0.440 e. The predicted octanol–water partition coefficient (Wildman–Crippen LogP) is 6.19. The van der Waals surface area contributed by atoms with E-state index in [-0.39, 0.29) is 4.90 Å². The molecule has 0 N–H and O–H groups in total. The summed E-state index contributed by atoms with van der Waals surface area (Å²) in [6.45, 7) is 5.76. The summed E-state index contributed by atoms with van der Waals surface area (Å²) in [5.41, 5.74) is 6.02. The van der Waals surface area contributed by atoms with Gasteiger partial charge in [-0.1, -0.05) is 48.5 Å². The molecule has 0 radical (unpaired) electrons. The summed E-state index contributed by atoms with van der Waals surface area (Å²) in [4.78, 5) is 9.64. The van der Waals surface area contributed by atoms with Gasteiger partial charge in [-0.3, -0.25) is 0 Å². The monoisotopic (exact) mass is 483 g/mol. The Labute approximate surface area is 204 Å². The molecule has 2 heterocycles. The Morgan fingerprint density at radius 2 is 1.51 bits per heavy atom. The first-order valence-electron chi connectivity index (χ1n) is 11.2. The minimum Gasteiger partial charge on any atom is -0.440 e. The van der Waals surface area contributed by atoms with E-state index in [1.807, 2.05) is 86.1 Å². The smallest absolute Gasteiger partial charge is 0.192 e. The number of imidazole rings is 1. The molecule has 0 fully saturated rings. The van der Waals surface area contributed by atoms with Gasteiger partial charge in [-0.25, -0.2) is 18.4 Å². The minimum atomic E-state index is -3.33. The summed E-state index contributed by atoms with van der Waals surface area (Å²) < 4.78 is 32.4. The van der Waals surface area contributed by atoms with E-state index in [9.17, 15) is 8.42 Å². The van der Waals surface area contributed by atoms with Crippen LogP contribution in [0.2, 0.25) is 0 Å². The minimum absolute atomic E-state index is 0.281. The molecule has 0 unspecified atom stereocenters. The lowest BCUT2D eigenvalue weighted by Gasteiger charge is -2.14. The van der Waals surface area contributed by atoms with Crippen LogP contribution in [-0.2, 0) is 9.84 Å². The van der Waals surface area contributed by atoms with E-state index in [0.717, 1.165) is 45.2 Å². The van der Waals surface area contributed by atoms with Crippen molar-refractivity contribution in [2.45, 2.75) is 25.7 Å². The van der Waals surface area contributed by atoms with Crippen molar-refractivity contribution in [3.05, 3.63) is 96.4 Å². The maximum atomic E-state index is 12.2. The van der Waals surface area contributed by atoms with Crippen molar-refractivity contribution in [3.63, 3.8) is 0 Å². The summed E-state index contributed by atoms with van der Waals surface area (Å²) in [6, 6.07) is 22.9. The van der Waals surface area contributed by atoms with Crippen LogP contribution in [0, 0.1) is 20.8 Å². The van der Waals surface area contributed by atoms with Gasteiger partial charge >= 0.3 is 0 Å². The number of nitrogens with zero attached hydrogens (tertiary/aromatic N) is 3. The van der Waals surface area contributed by atoms with E-state index in [1.54, 1.807) is 18.2 Å². The second kappa shape index (κ2) is 8.67. The van der Waals surface area contributed by atoms with Crippen molar-refractivity contribution in [2.75, 3.05) is 6.26 Å². The molecule has 7 heteroatoms. The number of aromatic nitrogens is 3. The van der Waals surface area contributed by atoms with Gasteiger partial charge in [-0.2, -0.15) is 0 Å². The highest BCUT2D eigenvalue weighted by molar-refractivity contribution is 7.90. The third-order valence-electron chi connectivity index (χ3n) is 5.88. The van der Waals surface area contributed by atoms with Crippen molar-refractivity contribution in [1.82, 2.24) is 14.5 Å². The lowest BCUT2D eigenvalue weighted by molar-refractivity contribution is 0.534. The van der Waals surface area contributed by atoms with Gasteiger partial charge in [0.25, 0.3) is 0 Å². The van der Waals surface area contributed by atoms with E-state index in [1.165, 1.54) is 6.26 Å². The van der Waals surface area contributed by atoms with Crippen molar-refractivity contribution >= 4 is 9.84 Å². The molecule has 35 heavy (non-hydrogen) atoms. The predicted molar refractivity (Wildman–Crippen MR) is 137 cm³/mol. The van der Waals surface area contributed by atoms with Crippen LogP contribution in [0.25, 0.3) is 39.4 Å². The van der Waals surface area contributed by atoms with Crippen LogP contribution in [0.1, 0.15) is 17.4 Å². The fourth-order valence-corrected chi connectivity index (χ4v) is 4.95. The number of rotatable bonds is 5. The lowest BCUT2D eigenvalue weighted by atomic mass is 9.98. The number of hydrogen-bond acceptors (Lipinski definition) is 5. The molecule has 0 aliphatic heterocycles. The standard InChI is InChI=1S/C28H25N3O3S/c1-18-17-31(19(2)29-18)26-14-13-23(22-11-8-12-24(15-22)35(4,32)33)16-25(26)27-28(34-20(3)30-27)21-9-6-5-7-10-21/h5-17H,1-4H3. The number of oxazole rings is 1. The van der Waals surface area contributed by atoms with Gasteiger partial charge in [-0.15, -0.1) is 0 Å². The Balaban J connectivity index is 1.77.